The van der Waals surface area contributed by atoms with Crippen LogP contribution in [0.4, 0.5) is 11.4 Å². The third-order valence-corrected chi connectivity index (χ3v) is 4.14. The average molecular weight is 264 g/mol. The second-order valence-electron chi connectivity index (χ2n) is 4.30. The lowest BCUT2D eigenvalue weighted by Crippen LogP contribution is -2.22. The van der Waals surface area contributed by atoms with Gasteiger partial charge in [0.1, 0.15) is 6.04 Å². The summed E-state index contributed by atoms with van der Waals surface area (Å²) in [6.07, 6.45) is 0. The summed E-state index contributed by atoms with van der Waals surface area (Å²) in [5.74, 6) is 1.05. The van der Waals surface area contributed by atoms with Crippen LogP contribution in [0.3, 0.4) is 0 Å². The van der Waals surface area contributed by atoms with Gasteiger partial charge in [-0.25, -0.2) is 0 Å². The molecule has 2 N–H and O–H groups in total. The predicted octanol–water partition coefficient (Wildman–Crippen LogP) is 1.64. The lowest BCUT2D eigenvalue weighted by Gasteiger charge is -2.13. The van der Waals surface area contributed by atoms with E-state index >= 15 is 0 Å². The Bertz CT molecular complexity index is 546. The first-order valence-electron chi connectivity index (χ1n) is 5.64. The predicted molar refractivity (Wildman–Crippen MR) is 71.7 cm³/mol. The van der Waals surface area contributed by atoms with E-state index in [4.69, 9.17) is 5.73 Å². The normalized spacial score (nSPS) is 21.9. The van der Waals surface area contributed by atoms with Crippen molar-refractivity contribution in [1.29, 1.82) is 0 Å². The van der Waals surface area contributed by atoms with E-state index in [1.807, 2.05) is 0 Å². The molecule has 3 rings (SSSR count). The molecule has 0 amide bonds. The topological polar surface area (TPSA) is 84.8 Å². The molecule has 0 saturated carbocycles. The van der Waals surface area contributed by atoms with Crippen molar-refractivity contribution < 1.29 is 4.92 Å². The van der Waals surface area contributed by atoms with Crippen molar-refractivity contribution in [2.75, 3.05) is 24.6 Å². The van der Waals surface area contributed by atoms with E-state index in [1.54, 1.807) is 23.9 Å². The Labute approximate surface area is 108 Å². The number of aliphatic imine (C=N–C) groups is 1. The Kier molecular flexibility index (Phi) is 2.62. The van der Waals surface area contributed by atoms with Crippen molar-refractivity contribution in [2.45, 2.75) is 6.04 Å². The van der Waals surface area contributed by atoms with Gasteiger partial charge in [-0.2, -0.15) is 0 Å². The van der Waals surface area contributed by atoms with E-state index in [-0.39, 0.29) is 16.7 Å². The number of nitrogens with two attached hydrogens (primary N) is 1. The zero-order valence-corrected chi connectivity index (χ0v) is 10.4. The first kappa shape index (κ1) is 11.3. The van der Waals surface area contributed by atoms with Crippen LogP contribution < -0.4 is 5.73 Å². The van der Waals surface area contributed by atoms with Crippen LogP contribution in [0.5, 0.6) is 0 Å². The Morgan fingerprint density at radius 1 is 1.56 bits per heavy atom. The van der Waals surface area contributed by atoms with Crippen molar-refractivity contribution in [3.8, 4) is 0 Å². The molecular weight excluding hydrogens is 252 g/mol. The van der Waals surface area contributed by atoms with Gasteiger partial charge in [0.15, 0.2) is 5.17 Å². The minimum absolute atomic E-state index is 0.102. The highest BCUT2D eigenvalue weighted by atomic mass is 32.2. The smallest absolute Gasteiger partial charge is 0.274 e. The highest BCUT2D eigenvalue weighted by molar-refractivity contribution is 8.14. The van der Waals surface area contributed by atoms with E-state index in [0.29, 0.717) is 17.8 Å². The summed E-state index contributed by atoms with van der Waals surface area (Å²) in [5.41, 5.74) is 6.97. The number of amidine groups is 1. The van der Waals surface area contributed by atoms with Crippen LogP contribution in [0.25, 0.3) is 0 Å². The second-order valence-corrected chi connectivity index (χ2v) is 5.36. The third-order valence-electron chi connectivity index (χ3n) is 3.13. The number of nitro benzene ring substituents is 1. The van der Waals surface area contributed by atoms with E-state index < -0.39 is 0 Å². The number of thioether (sulfide) groups is 1. The lowest BCUT2D eigenvalue weighted by molar-refractivity contribution is -0.385. The monoisotopic (exact) mass is 264 g/mol. The molecule has 6 nitrogen and oxygen atoms in total. The maximum Gasteiger partial charge on any atom is 0.274 e. The number of nitrogens with zero attached hydrogens (tertiary/aromatic N) is 3. The molecular formula is C11H12N4O2S. The number of nitrogen functional groups attached to an aromatic ring is 1. The van der Waals surface area contributed by atoms with Crippen molar-refractivity contribution in [3.63, 3.8) is 0 Å². The first-order valence-corrected chi connectivity index (χ1v) is 6.63. The molecule has 1 fully saturated rings. The molecule has 2 aliphatic rings. The van der Waals surface area contributed by atoms with Crippen LogP contribution in [0.15, 0.2) is 23.2 Å². The van der Waals surface area contributed by atoms with E-state index in [9.17, 15) is 10.1 Å². The summed E-state index contributed by atoms with van der Waals surface area (Å²) >= 11 is 1.70. The fourth-order valence-corrected chi connectivity index (χ4v) is 3.32. The Morgan fingerprint density at radius 3 is 3.11 bits per heavy atom. The Balaban J connectivity index is 1.99. The molecule has 2 aliphatic heterocycles. The number of rotatable bonds is 2. The van der Waals surface area contributed by atoms with Gasteiger partial charge in [0, 0.05) is 30.6 Å². The summed E-state index contributed by atoms with van der Waals surface area (Å²) < 4.78 is 0. The first-order chi connectivity index (χ1) is 8.65. The molecule has 7 heteroatoms. The van der Waals surface area contributed by atoms with Crippen LogP contribution in [-0.2, 0) is 0 Å². The van der Waals surface area contributed by atoms with Crippen LogP contribution in [0.2, 0.25) is 0 Å². The number of nitro groups is 1. The highest BCUT2D eigenvalue weighted by Crippen LogP contribution is 2.36. The van der Waals surface area contributed by atoms with Gasteiger partial charge in [-0.05, 0) is 12.1 Å². The molecule has 1 unspecified atom stereocenters. The zero-order valence-electron chi connectivity index (χ0n) is 9.57. The molecule has 1 saturated heterocycles. The van der Waals surface area contributed by atoms with Crippen molar-refractivity contribution in [1.82, 2.24) is 4.90 Å². The highest BCUT2D eigenvalue weighted by Gasteiger charge is 2.33. The molecule has 2 heterocycles. The van der Waals surface area contributed by atoms with Gasteiger partial charge in [-0.15, -0.1) is 0 Å². The van der Waals surface area contributed by atoms with Crippen molar-refractivity contribution in [2.24, 2.45) is 4.99 Å². The fraction of sp³-hybridized carbons (Fsp3) is 0.364. The number of benzene rings is 1. The van der Waals surface area contributed by atoms with Crippen LogP contribution in [0.1, 0.15) is 11.6 Å². The minimum atomic E-state index is -0.370. The molecule has 1 atom stereocenters. The van der Waals surface area contributed by atoms with Crippen molar-refractivity contribution >= 4 is 28.3 Å². The van der Waals surface area contributed by atoms with Crippen LogP contribution in [0, 0.1) is 10.1 Å². The zero-order chi connectivity index (χ0) is 12.7. The Hall–Kier alpha value is -1.76. The van der Waals surface area contributed by atoms with Gasteiger partial charge in [0.25, 0.3) is 5.69 Å². The van der Waals surface area contributed by atoms with Gasteiger partial charge in [0.05, 0.1) is 10.5 Å². The molecule has 0 aliphatic carbocycles. The molecule has 18 heavy (non-hydrogen) atoms. The molecule has 1 aromatic carbocycles. The summed E-state index contributed by atoms with van der Waals surface area (Å²) in [6.45, 7) is 1.68. The number of hydrogen-bond acceptors (Lipinski definition) is 6. The molecule has 0 bridgehead atoms. The minimum Gasteiger partial charge on any atom is -0.399 e. The molecule has 0 spiro atoms. The van der Waals surface area contributed by atoms with Gasteiger partial charge >= 0.3 is 0 Å². The molecule has 94 valence electrons. The summed E-state index contributed by atoms with van der Waals surface area (Å²) in [4.78, 5) is 17.4. The van der Waals surface area contributed by atoms with E-state index in [0.717, 1.165) is 17.5 Å². The Morgan fingerprint density at radius 2 is 2.39 bits per heavy atom. The summed E-state index contributed by atoms with van der Waals surface area (Å²) in [6, 6.07) is 4.51. The maximum atomic E-state index is 11.0. The van der Waals surface area contributed by atoms with E-state index in [1.165, 1.54) is 6.07 Å². The maximum absolute atomic E-state index is 11.0. The summed E-state index contributed by atoms with van der Waals surface area (Å²) in [7, 11) is 0. The average Bonchev–Trinajstić information content (AvgIpc) is 2.88. The SMILES string of the molecule is Nc1ccc([N+](=O)[O-])c(C2CN3CCSC3=N2)c1. The number of hydrogen-bond donors (Lipinski definition) is 1. The fourth-order valence-electron chi connectivity index (χ4n) is 2.28. The third kappa shape index (κ3) is 1.80. The standard InChI is InChI=1S/C11H12N4O2S/c12-7-1-2-10(15(16)17)8(5-7)9-6-14-3-4-18-11(14)13-9/h1-2,5,9H,3-4,6,12H2. The second kappa shape index (κ2) is 4.16. The van der Waals surface area contributed by atoms with Gasteiger partial charge < -0.3 is 10.6 Å². The molecule has 1 aromatic rings. The quantitative estimate of drug-likeness (QED) is 0.498. The van der Waals surface area contributed by atoms with Crippen LogP contribution >= 0.6 is 11.8 Å². The lowest BCUT2D eigenvalue weighted by atomic mass is 10.0. The van der Waals surface area contributed by atoms with Gasteiger partial charge in [-0.3, -0.25) is 15.1 Å². The van der Waals surface area contributed by atoms with E-state index in [2.05, 4.69) is 9.89 Å². The summed E-state index contributed by atoms with van der Waals surface area (Å²) in [5, 5.41) is 12.0. The van der Waals surface area contributed by atoms with Crippen molar-refractivity contribution in [3.05, 3.63) is 33.9 Å². The number of anilines is 1. The van der Waals surface area contributed by atoms with Gasteiger partial charge in [-0.1, -0.05) is 11.8 Å². The van der Waals surface area contributed by atoms with Crippen LogP contribution in [-0.4, -0.2) is 33.8 Å². The van der Waals surface area contributed by atoms with Gasteiger partial charge in [0.2, 0.25) is 0 Å². The molecule has 0 radical (unpaired) electrons. The largest absolute Gasteiger partial charge is 0.399 e. The number of fused-ring (bicyclic) bond motifs is 1. The molecule has 0 aromatic heterocycles.